The Morgan fingerprint density at radius 2 is 1.87 bits per heavy atom. The van der Waals surface area contributed by atoms with Gasteiger partial charge in [-0.1, -0.05) is 24.8 Å². The normalized spacial score (nSPS) is 9.33. The number of anilines is 1. The molecule has 78 valence electrons. The van der Waals surface area contributed by atoms with Crippen LogP contribution in [-0.2, 0) is 9.59 Å². The van der Waals surface area contributed by atoms with E-state index in [1.165, 1.54) is 0 Å². The molecule has 0 aliphatic heterocycles. The van der Waals surface area contributed by atoms with Gasteiger partial charge in [-0.2, -0.15) is 0 Å². The van der Waals surface area contributed by atoms with Gasteiger partial charge in [0.15, 0.2) is 0 Å². The monoisotopic (exact) mass is 205 g/mol. The highest BCUT2D eigenvalue weighted by molar-refractivity contribution is 6.05. The van der Waals surface area contributed by atoms with E-state index in [1.807, 2.05) is 6.07 Å². The van der Waals surface area contributed by atoms with Crippen LogP contribution in [-0.4, -0.2) is 17.0 Å². The second-order valence-electron chi connectivity index (χ2n) is 2.99. The first-order chi connectivity index (χ1) is 7.09. The number of benzene rings is 1. The minimum Gasteiger partial charge on any atom is -0.481 e. The van der Waals surface area contributed by atoms with Crippen LogP contribution in [0.15, 0.2) is 42.5 Å². The summed E-state index contributed by atoms with van der Waals surface area (Å²) in [5.41, 5.74) is 0.653. The Morgan fingerprint density at radius 3 is 2.40 bits per heavy atom. The van der Waals surface area contributed by atoms with Gasteiger partial charge in [-0.25, -0.2) is 0 Å². The van der Waals surface area contributed by atoms with E-state index in [4.69, 9.17) is 5.11 Å². The average molecular weight is 205 g/mol. The van der Waals surface area contributed by atoms with E-state index in [2.05, 4.69) is 11.9 Å². The second kappa shape index (κ2) is 4.95. The minimum absolute atomic E-state index is 0.0337. The van der Waals surface area contributed by atoms with Crippen LogP contribution in [0.1, 0.15) is 6.42 Å². The van der Waals surface area contributed by atoms with Crippen LogP contribution in [0.2, 0.25) is 0 Å². The molecule has 4 nitrogen and oxygen atoms in total. The number of hydrogen-bond donors (Lipinski definition) is 2. The van der Waals surface area contributed by atoms with E-state index in [9.17, 15) is 9.59 Å². The highest BCUT2D eigenvalue weighted by Crippen LogP contribution is 2.08. The SMILES string of the molecule is C=C(CC(=O)O)C(=O)Nc1ccccc1. The van der Waals surface area contributed by atoms with Crippen LogP contribution in [0.3, 0.4) is 0 Å². The average Bonchev–Trinajstić information content (AvgIpc) is 2.18. The van der Waals surface area contributed by atoms with Crippen molar-refractivity contribution in [3.8, 4) is 0 Å². The molecule has 0 radical (unpaired) electrons. The molecule has 0 fully saturated rings. The van der Waals surface area contributed by atoms with E-state index in [0.717, 1.165) is 0 Å². The predicted octanol–water partition coefficient (Wildman–Crippen LogP) is 1.66. The fraction of sp³-hybridized carbons (Fsp3) is 0.0909. The number of rotatable bonds is 4. The zero-order valence-electron chi connectivity index (χ0n) is 8.06. The summed E-state index contributed by atoms with van der Waals surface area (Å²) >= 11 is 0. The number of aliphatic carboxylic acids is 1. The molecule has 0 saturated carbocycles. The van der Waals surface area contributed by atoms with Crippen molar-refractivity contribution >= 4 is 17.6 Å². The highest BCUT2D eigenvalue weighted by Gasteiger charge is 2.10. The van der Waals surface area contributed by atoms with Gasteiger partial charge >= 0.3 is 5.97 Å². The Balaban J connectivity index is 2.56. The summed E-state index contributed by atoms with van der Waals surface area (Å²) in [6.07, 6.45) is -0.349. The number of carbonyl (C=O) groups excluding carboxylic acids is 1. The number of nitrogens with one attached hydrogen (secondary N) is 1. The first-order valence-corrected chi connectivity index (χ1v) is 4.35. The van der Waals surface area contributed by atoms with Gasteiger partial charge in [0.05, 0.1) is 6.42 Å². The Labute approximate surface area is 87.2 Å². The van der Waals surface area contributed by atoms with Crippen LogP contribution < -0.4 is 5.32 Å². The smallest absolute Gasteiger partial charge is 0.308 e. The summed E-state index contributed by atoms with van der Waals surface area (Å²) in [6.45, 7) is 3.40. The first kappa shape index (κ1) is 11.0. The molecule has 0 aliphatic carbocycles. The third-order valence-corrected chi connectivity index (χ3v) is 1.72. The van der Waals surface area contributed by atoms with E-state index in [0.29, 0.717) is 5.69 Å². The number of carbonyl (C=O) groups is 2. The van der Waals surface area contributed by atoms with Gasteiger partial charge in [0.2, 0.25) is 0 Å². The van der Waals surface area contributed by atoms with Crippen LogP contribution in [0.4, 0.5) is 5.69 Å². The van der Waals surface area contributed by atoms with Crippen molar-refractivity contribution in [2.24, 2.45) is 0 Å². The summed E-state index contributed by atoms with van der Waals surface area (Å²) in [6, 6.07) is 8.80. The molecule has 4 heteroatoms. The van der Waals surface area contributed by atoms with Crippen LogP contribution >= 0.6 is 0 Å². The summed E-state index contributed by atoms with van der Waals surface area (Å²) < 4.78 is 0. The summed E-state index contributed by atoms with van der Waals surface area (Å²) in [5, 5.41) is 11.0. The number of carboxylic acid groups (broad SMARTS) is 1. The van der Waals surface area contributed by atoms with Crippen molar-refractivity contribution in [2.75, 3.05) is 5.32 Å². The molecule has 1 aromatic rings. The number of hydrogen-bond acceptors (Lipinski definition) is 2. The van der Waals surface area contributed by atoms with Crippen molar-refractivity contribution in [3.05, 3.63) is 42.5 Å². The van der Waals surface area contributed by atoms with Gasteiger partial charge < -0.3 is 10.4 Å². The molecule has 0 saturated heterocycles. The second-order valence-corrected chi connectivity index (χ2v) is 2.99. The topological polar surface area (TPSA) is 66.4 Å². The quantitative estimate of drug-likeness (QED) is 0.734. The zero-order chi connectivity index (χ0) is 11.3. The molecule has 0 unspecified atom stereocenters. The number of amides is 1. The maximum atomic E-state index is 11.4. The highest BCUT2D eigenvalue weighted by atomic mass is 16.4. The molecule has 15 heavy (non-hydrogen) atoms. The van der Waals surface area contributed by atoms with Gasteiger partial charge in [0, 0.05) is 11.3 Å². The van der Waals surface area contributed by atoms with Crippen molar-refractivity contribution in [2.45, 2.75) is 6.42 Å². The number of para-hydroxylation sites is 1. The van der Waals surface area contributed by atoms with Crippen LogP contribution in [0.25, 0.3) is 0 Å². The molecule has 0 heterocycles. The molecular formula is C11H11NO3. The van der Waals surface area contributed by atoms with E-state index in [-0.39, 0.29) is 12.0 Å². The zero-order valence-corrected chi connectivity index (χ0v) is 8.06. The predicted molar refractivity (Wildman–Crippen MR) is 56.5 cm³/mol. The molecule has 0 atom stereocenters. The van der Waals surface area contributed by atoms with Crippen LogP contribution in [0, 0.1) is 0 Å². The lowest BCUT2D eigenvalue weighted by Gasteiger charge is -2.05. The summed E-state index contributed by atoms with van der Waals surface area (Å²) in [4.78, 5) is 21.7. The van der Waals surface area contributed by atoms with E-state index in [1.54, 1.807) is 24.3 Å². The maximum Gasteiger partial charge on any atom is 0.308 e. The van der Waals surface area contributed by atoms with Gasteiger partial charge in [-0.3, -0.25) is 9.59 Å². The Morgan fingerprint density at radius 1 is 1.27 bits per heavy atom. The molecule has 0 spiro atoms. The minimum atomic E-state index is -1.07. The lowest BCUT2D eigenvalue weighted by atomic mass is 10.2. The largest absolute Gasteiger partial charge is 0.481 e. The van der Waals surface area contributed by atoms with Gasteiger partial charge in [-0.05, 0) is 12.1 Å². The fourth-order valence-electron chi connectivity index (χ4n) is 1.00. The molecule has 1 amide bonds. The Bertz CT molecular complexity index is 384. The Kier molecular flexibility index (Phi) is 3.62. The standard InChI is InChI=1S/C11H11NO3/c1-8(7-10(13)14)11(15)12-9-5-3-2-4-6-9/h2-6H,1,7H2,(H,12,15)(H,13,14). The van der Waals surface area contributed by atoms with Crippen molar-refractivity contribution < 1.29 is 14.7 Å². The third kappa shape index (κ3) is 3.64. The van der Waals surface area contributed by atoms with Crippen molar-refractivity contribution in [1.29, 1.82) is 0 Å². The summed E-state index contributed by atoms with van der Waals surface area (Å²) in [5.74, 6) is -1.54. The molecule has 1 aromatic carbocycles. The fourth-order valence-corrected chi connectivity index (χ4v) is 1.00. The van der Waals surface area contributed by atoms with Crippen molar-refractivity contribution in [1.82, 2.24) is 0 Å². The maximum absolute atomic E-state index is 11.4. The Hall–Kier alpha value is -2.10. The lowest BCUT2D eigenvalue weighted by molar-refractivity contribution is -0.136. The molecule has 0 bridgehead atoms. The first-order valence-electron chi connectivity index (χ1n) is 4.35. The van der Waals surface area contributed by atoms with Crippen molar-refractivity contribution in [3.63, 3.8) is 0 Å². The molecule has 2 N–H and O–H groups in total. The third-order valence-electron chi connectivity index (χ3n) is 1.72. The van der Waals surface area contributed by atoms with Gasteiger partial charge in [-0.15, -0.1) is 0 Å². The molecule has 0 aliphatic rings. The molecule has 1 rings (SSSR count). The van der Waals surface area contributed by atoms with Crippen LogP contribution in [0.5, 0.6) is 0 Å². The van der Waals surface area contributed by atoms with E-state index >= 15 is 0 Å². The lowest BCUT2D eigenvalue weighted by Crippen LogP contribution is -2.15. The van der Waals surface area contributed by atoms with Gasteiger partial charge in [0.1, 0.15) is 0 Å². The molecule has 0 aromatic heterocycles. The number of carboxylic acids is 1. The van der Waals surface area contributed by atoms with E-state index < -0.39 is 11.9 Å². The summed E-state index contributed by atoms with van der Waals surface area (Å²) in [7, 11) is 0. The molecular weight excluding hydrogens is 194 g/mol. The van der Waals surface area contributed by atoms with Gasteiger partial charge in [0.25, 0.3) is 5.91 Å².